The molecule has 1 heterocycles. The van der Waals surface area contributed by atoms with Crippen LogP contribution >= 0.6 is 15.9 Å². The van der Waals surface area contributed by atoms with Crippen LogP contribution in [0.25, 0.3) is 22.8 Å². The first kappa shape index (κ1) is 11.9. The highest BCUT2D eigenvalue weighted by Crippen LogP contribution is 2.26. The van der Waals surface area contributed by atoms with Crippen molar-refractivity contribution in [1.29, 1.82) is 0 Å². The summed E-state index contributed by atoms with van der Waals surface area (Å²) in [4.78, 5) is 4.50. The van der Waals surface area contributed by atoms with Crippen molar-refractivity contribution in [1.82, 2.24) is 15.2 Å². The van der Waals surface area contributed by atoms with Gasteiger partial charge in [-0.2, -0.15) is 5.10 Å². The topological polar surface area (TPSA) is 67.6 Å². The van der Waals surface area contributed by atoms with E-state index in [0.717, 1.165) is 21.4 Å². The molecule has 0 saturated carbocycles. The quantitative estimate of drug-likeness (QED) is 0.711. The Balaban J connectivity index is 2.03. The fourth-order valence-corrected chi connectivity index (χ4v) is 2.31. The Morgan fingerprint density at radius 2 is 1.89 bits per heavy atom. The number of nitrogens with zero attached hydrogens (tertiary/aromatic N) is 2. The lowest BCUT2D eigenvalue weighted by atomic mass is 10.2. The molecule has 0 spiro atoms. The van der Waals surface area contributed by atoms with Crippen LogP contribution in [0.2, 0.25) is 0 Å². The molecular formula is C14H11BrN4. The zero-order chi connectivity index (χ0) is 13.2. The third-order valence-electron chi connectivity index (χ3n) is 2.76. The molecule has 0 saturated heterocycles. The number of nitrogen functional groups attached to an aromatic ring is 1. The number of nitrogens with one attached hydrogen (secondary N) is 1. The van der Waals surface area contributed by atoms with Crippen LogP contribution in [0.5, 0.6) is 0 Å². The zero-order valence-electron chi connectivity index (χ0n) is 9.97. The molecule has 1 aromatic heterocycles. The van der Waals surface area contributed by atoms with Crippen LogP contribution in [-0.4, -0.2) is 15.2 Å². The van der Waals surface area contributed by atoms with Crippen LogP contribution in [0.4, 0.5) is 5.69 Å². The summed E-state index contributed by atoms with van der Waals surface area (Å²) in [6, 6.07) is 15.4. The number of aromatic nitrogens is 3. The Morgan fingerprint density at radius 1 is 1.05 bits per heavy atom. The Morgan fingerprint density at radius 3 is 2.68 bits per heavy atom. The number of nitrogens with two attached hydrogens (primary N) is 1. The van der Waals surface area contributed by atoms with Crippen LogP contribution in [0.1, 0.15) is 0 Å². The predicted molar refractivity (Wildman–Crippen MR) is 79.4 cm³/mol. The smallest absolute Gasteiger partial charge is 0.181 e. The van der Waals surface area contributed by atoms with Gasteiger partial charge in [-0.05, 0) is 18.2 Å². The third-order valence-corrected chi connectivity index (χ3v) is 3.45. The van der Waals surface area contributed by atoms with E-state index in [0.29, 0.717) is 11.5 Å². The molecule has 0 bridgehead atoms. The molecule has 4 nitrogen and oxygen atoms in total. The van der Waals surface area contributed by atoms with Gasteiger partial charge >= 0.3 is 0 Å². The molecule has 0 aliphatic carbocycles. The van der Waals surface area contributed by atoms with Crippen molar-refractivity contribution >= 4 is 21.6 Å². The highest BCUT2D eigenvalue weighted by atomic mass is 79.9. The van der Waals surface area contributed by atoms with E-state index in [9.17, 15) is 0 Å². The second kappa shape index (κ2) is 4.85. The second-order valence-electron chi connectivity index (χ2n) is 4.11. The van der Waals surface area contributed by atoms with Gasteiger partial charge in [0.05, 0.1) is 0 Å². The van der Waals surface area contributed by atoms with Crippen LogP contribution in [0, 0.1) is 0 Å². The Bertz CT molecular complexity index is 721. The Kier molecular flexibility index (Phi) is 3.05. The van der Waals surface area contributed by atoms with Gasteiger partial charge in [-0.15, -0.1) is 0 Å². The normalized spacial score (nSPS) is 10.6. The van der Waals surface area contributed by atoms with E-state index in [-0.39, 0.29) is 0 Å². The van der Waals surface area contributed by atoms with Crippen molar-refractivity contribution in [2.75, 3.05) is 5.73 Å². The summed E-state index contributed by atoms with van der Waals surface area (Å²) < 4.78 is 0.977. The Labute approximate surface area is 118 Å². The minimum absolute atomic E-state index is 0.637. The summed E-state index contributed by atoms with van der Waals surface area (Å²) in [7, 11) is 0. The number of hydrogen-bond donors (Lipinski definition) is 2. The lowest BCUT2D eigenvalue weighted by Crippen LogP contribution is -1.86. The van der Waals surface area contributed by atoms with Crippen molar-refractivity contribution < 1.29 is 0 Å². The van der Waals surface area contributed by atoms with Gasteiger partial charge in [0.2, 0.25) is 0 Å². The van der Waals surface area contributed by atoms with E-state index in [1.165, 1.54) is 0 Å². The van der Waals surface area contributed by atoms with Crippen LogP contribution in [-0.2, 0) is 0 Å². The molecule has 19 heavy (non-hydrogen) atoms. The van der Waals surface area contributed by atoms with Crippen LogP contribution in [0.3, 0.4) is 0 Å². The average Bonchev–Trinajstić information content (AvgIpc) is 2.89. The van der Waals surface area contributed by atoms with Gasteiger partial charge in [-0.1, -0.05) is 46.3 Å². The Hall–Kier alpha value is -2.14. The maximum Gasteiger partial charge on any atom is 0.181 e. The maximum absolute atomic E-state index is 5.76. The number of benzene rings is 2. The second-order valence-corrected chi connectivity index (χ2v) is 4.97. The van der Waals surface area contributed by atoms with Gasteiger partial charge in [0.1, 0.15) is 0 Å². The van der Waals surface area contributed by atoms with Gasteiger partial charge in [0.25, 0.3) is 0 Å². The summed E-state index contributed by atoms with van der Waals surface area (Å²) >= 11 is 3.50. The third kappa shape index (κ3) is 2.37. The number of aromatic amines is 1. The fraction of sp³-hybridized carbons (Fsp3) is 0. The molecule has 0 amide bonds. The summed E-state index contributed by atoms with van der Waals surface area (Å²) in [5.74, 6) is 1.36. The zero-order valence-corrected chi connectivity index (χ0v) is 11.6. The first-order valence-corrected chi connectivity index (χ1v) is 6.56. The number of halogens is 1. The van der Waals surface area contributed by atoms with E-state index < -0.39 is 0 Å². The highest BCUT2D eigenvalue weighted by Gasteiger charge is 2.09. The molecule has 0 aliphatic rings. The van der Waals surface area contributed by atoms with Gasteiger partial charge < -0.3 is 5.73 Å². The average molecular weight is 315 g/mol. The molecule has 5 heteroatoms. The van der Waals surface area contributed by atoms with E-state index in [2.05, 4.69) is 31.1 Å². The largest absolute Gasteiger partial charge is 0.399 e. The molecule has 0 aliphatic heterocycles. The molecule has 3 rings (SSSR count). The van der Waals surface area contributed by atoms with Crippen molar-refractivity contribution in [2.45, 2.75) is 0 Å². The van der Waals surface area contributed by atoms with E-state index in [1.807, 2.05) is 48.5 Å². The van der Waals surface area contributed by atoms with Crippen LogP contribution in [0.15, 0.2) is 53.0 Å². The van der Waals surface area contributed by atoms with Gasteiger partial charge in [0, 0.05) is 21.3 Å². The van der Waals surface area contributed by atoms with Gasteiger partial charge in [0.15, 0.2) is 11.6 Å². The number of rotatable bonds is 2. The maximum atomic E-state index is 5.76. The summed E-state index contributed by atoms with van der Waals surface area (Å²) in [5, 5.41) is 7.18. The highest BCUT2D eigenvalue weighted by molar-refractivity contribution is 9.10. The SMILES string of the molecule is Nc1cccc(-c2n[nH]c(-c3ccccc3Br)n2)c1. The molecule has 0 fully saturated rings. The van der Waals surface area contributed by atoms with E-state index in [1.54, 1.807) is 0 Å². The predicted octanol–water partition coefficient (Wildman–Crippen LogP) is 3.48. The number of hydrogen-bond acceptors (Lipinski definition) is 3. The van der Waals surface area contributed by atoms with Gasteiger partial charge in [-0.25, -0.2) is 4.98 Å². The number of anilines is 1. The molecule has 0 unspecified atom stereocenters. The first-order valence-electron chi connectivity index (χ1n) is 5.77. The van der Waals surface area contributed by atoms with Crippen molar-refractivity contribution in [3.05, 3.63) is 53.0 Å². The fourth-order valence-electron chi connectivity index (χ4n) is 1.84. The van der Waals surface area contributed by atoms with Crippen molar-refractivity contribution in [3.63, 3.8) is 0 Å². The lowest BCUT2D eigenvalue weighted by molar-refractivity contribution is 1.10. The molecule has 94 valence electrons. The molecule has 2 aromatic carbocycles. The molecule has 0 radical (unpaired) electrons. The van der Waals surface area contributed by atoms with Crippen molar-refractivity contribution in [2.24, 2.45) is 0 Å². The lowest BCUT2D eigenvalue weighted by Gasteiger charge is -1.98. The minimum atomic E-state index is 0.637. The summed E-state index contributed by atoms with van der Waals surface area (Å²) in [5.41, 5.74) is 8.34. The molecular weight excluding hydrogens is 304 g/mol. The summed E-state index contributed by atoms with van der Waals surface area (Å²) in [6.45, 7) is 0. The monoisotopic (exact) mass is 314 g/mol. The molecule has 3 N–H and O–H groups in total. The van der Waals surface area contributed by atoms with Gasteiger partial charge in [-0.3, -0.25) is 5.10 Å². The minimum Gasteiger partial charge on any atom is -0.399 e. The first-order chi connectivity index (χ1) is 9.24. The summed E-state index contributed by atoms with van der Waals surface area (Å²) in [6.07, 6.45) is 0. The van der Waals surface area contributed by atoms with Crippen molar-refractivity contribution in [3.8, 4) is 22.8 Å². The number of H-pyrrole nitrogens is 1. The van der Waals surface area contributed by atoms with Crippen LogP contribution < -0.4 is 5.73 Å². The van der Waals surface area contributed by atoms with E-state index >= 15 is 0 Å². The van der Waals surface area contributed by atoms with E-state index in [4.69, 9.17) is 5.73 Å². The molecule has 0 atom stereocenters. The molecule has 3 aromatic rings. The standard InChI is InChI=1S/C14H11BrN4/c15-12-7-2-1-6-11(12)14-17-13(18-19-14)9-4-3-5-10(16)8-9/h1-8H,16H2,(H,17,18,19).